The van der Waals surface area contributed by atoms with Gasteiger partial charge in [-0.1, -0.05) is 30.3 Å². The van der Waals surface area contributed by atoms with Crippen LogP contribution in [0.5, 0.6) is 0 Å². The molecule has 0 radical (unpaired) electrons. The summed E-state index contributed by atoms with van der Waals surface area (Å²) in [4.78, 5) is 21.0. The highest BCUT2D eigenvalue weighted by molar-refractivity contribution is 14.0. The Morgan fingerprint density at radius 1 is 1.09 bits per heavy atom. The smallest absolute Gasteiger partial charge is 0.253 e. The van der Waals surface area contributed by atoms with Crippen LogP contribution >= 0.6 is 24.0 Å². The van der Waals surface area contributed by atoms with Gasteiger partial charge in [0.1, 0.15) is 0 Å². The third kappa shape index (κ3) is 7.69. The van der Waals surface area contributed by atoms with Crippen molar-refractivity contribution >= 4 is 41.5 Å². The first-order valence-corrected chi connectivity index (χ1v) is 11.2. The predicted molar refractivity (Wildman–Crippen MR) is 144 cm³/mol. The van der Waals surface area contributed by atoms with Crippen LogP contribution in [0.3, 0.4) is 0 Å². The minimum absolute atomic E-state index is 0. The summed E-state index contributed by atoms with van der Waals surface area (Å²) in [5.41, 5.74) is 3.15. The van der Waals surface area contributed by atoms with E-state index in [1.165, 1.54) is 5.69 Å². The lowest BCUT2D eigenvalue weighted by molar-refractivity contribution is 0.0827. The molecule has 1 aliphatic heterocycles. The Bertz CT molecular complexity index is 864. The minimum atomic E-state index is 0. The van der Waals surface area contributed by atoms with E-state index in [1.54, 1.807) is 19.0 Å². The van der Waals surface area contributed by atoms with E-state index in [0.29, 0.717) is 12.6 Å². The fourth-order valence-corrected chi connectivity index (χ4v) is 3.85. The van der Waals surface area contributed by atoms with Crippen molar-refractivity contribution < 1.29 is 4.79 Å². The zero-order valence-electron chi connectivity index (χ0n) is 19.4. The number of aliphatic imine (C=N–C) groups is 1. The molecule has 0 aromatic heterocycles. The molecule has 2 N–H and O–H groups in total. The molecule has 1 saturated heterocycles. The first-order valence-electron chi connectivity index (χ1n) is 11.2. The summed E-state index contributed by atoms with van der Waals surface area (Å²) in [6.07, 6.45) is 2.99. The average molecular weight is 550 g/mol. The Balaban J connectivity index is 0.00000363. The Kier molecular flexibility index (Phi) is 10.8. The van der Waals surface area contributed by atoms with Crippen LogP contribution in [0.1, 0.15) is 35.7 Å². The Morgan fingerprint density at radius 2 is 1.81 bits per heavy atom. The summed E-state index contributed by atoms with van der Waals surface area (Å²) in [5.74, 6) is 0.906. The van der Waals surface area contributed by atoms with Crippen molar-refractivity contribution in [3.05, 3.63) is 65.7 Å². The summed E-state index contributed by atoms with van der Waals surface area (Å²) in [7, 11) is 3.55. The van der Waals surface area contributed by atoms with Gasteiger partial charge >= 0.3 is 0 Å². The van der Waals surface area contributed by atoms with E-state index < -0.39 is 0 Å². The number of nitrogens with zero attached hydrogens (tertiary/aromatic N) is 3. The van der Waals surface area contributed by atoms with Crippen LogP contribution < -0.4 is 15.5 Å². The molecular weight excluding hydrogens is 513 g/mol. The van der Waals surface area contributed by atoms with Crippen LogP contribution in [0.15, 0.2) is 59.6 Å². The summed E-state index contributed by atoms with van der Waals surface area (Å²) >= 11 is 0. The molecule has 1 fully saturated rings. The standard InChI is InChI=1S/C25H35N5O.HI/c1-4-26-25(27-16-13-20-9-8-10-21(19-20)24(31)29(2)3)28-22-14-17-30(18-15-22)23-11-6-5-7-12-23;/h5-12,19,22H,4,13-18H2,1-3H3,(H2,26,27,28);1H. The van der Waals surface area contributed by atoms with Crippen LogP contribution in [-0.2, 0) is 6.42 Å². The number of rotatable bonds is 7. The zero-order chi connectivity index (χ0) is 22.1. The topological polar surface area (TPSA) is 60.0 Å². The highest BCUT2D eigenvalue weighted by Crippen LogP contribution is 2.19. The maximum atomic E-state index is 12.2. The number of benzene rings is 2. The van der Waals surface area contributed by atoms with E-state index in [0.717, 1.165) is 56.0 Å². The molecule has 174 valence electrons. The third-order valence-corrected chi connectivity index (χ3v) is 5.55. The molecular formula is C25H36IN5O. The van der Waals surface area contributed by atoms with Crippen LogP contribution in [0.25, 0.3) is 0 Å². The molecule has 32 heavy (non-hydrogen) atoms. The lowest BCUT2D eigenvalue weighted by atomic mass is 10.0. The van der Waals surface area contributed by atoms with Crippen molar-refractivity contribution in [3.8, 4) is 0 Å². The molecule has 6 nitrogen and oxygen atoms in total. The van der Waals surface area contributed by atoms with Gasteiger partial charge in [0.2, 0.25) is 0 Å². The quantitative estimate of drug-likeness (QED) is 0.314. The summed E-state index contributed by atoms with van der Waals surface area (Å²) in [6, 6.07) is 18.9. The Labute approximate surface area is 209 Å². The van der Waals surface area contributed by atoms with Crippen molar-refractivity contribution in [3.63, 3.8) is 0 Å². The minimum Gasteiger partial charge on any atom is -0.371 e. The zero-order valence-corrected chi connectivity index (χ0v) is 21.7. The van der Waals surface area contributed by atoms with Crippen LogP contribution in [0, 0.1) is 0 Å². The van der Waals surface area contributed by atoms with Gasteiger partial charge in [0.15, 0.2) is 5.96 Å². The van der Waals surface area contributed by atoms with Gasteiger partial charge in [0.05, 0.1) is 0 Å². The van der Waals surface area contributed by atoms with Gasteiger partial charge in [-0.15, -0.1) is 24.0 Å². The number of para-hydroxylation sites is 1. The van der Waals surface area contributed by atoms with Crippen molar-refractivity contribution in [2.75, 3.05) is 45.2 Å². The number of carbonyl (C=O) groups is 1. The van der Waals surface area contributed by atoms with Crippen LogP contribution in [0.4, 0.5) is 5.69 Å². The predicted octanol–water partition coefficient (Wildman–Crippen LogP) is 3.77. The second-order valence-corrected chi connectivity index (χ2v) is 8.15. The number of nitrogens with one attached hydrogen (secondary N) is 2. The molecule has 7 heteroatoms. The Hall–Kier alpha value is -2.29. The van der Waals surface area contributed by atoms with Crippen LogP contribution in [0.2, 0.25) is 0 Å². The molecule has 0 saturated carbocycles. The lowest BCUT2D eigenvalue weighted by Gasteiger charge is -2.34. The normalized spacial score (nSPS) is 14.5. The largest absolute Gasteiger partial charge is 0.371 e. The SMILES string of the molecule is CCNC(=NCCc1cccc(C(=O)N(C)C)c1)NC1CCN(c2ccccc2)CC1.I. The van der Waals surface area contributed by atoms with E-state index in [2.05, 4.69) is 58.9 Å². The van der Waals surface area contributed by atoms with Crippen molar-refractivity contribution in [2.24, 2.45) is 4.99 Å². The average Bonchev–Trinajstić information content (AvgIpc) is 2.80. The molecule has 0 bridgehead atoms. The number of amides is 1. The first kappa shape index (κ1) is 26.0. The second kappa shape index (κ2) is 13.3. The maximum Gasteiger partial charge on any atom is 0.253 e. The van der Waals surface area contributed by atoms with Gasteiger partial charge in [-0.3, -0.25) is 9.79 Å². The Morgan fingerprint density at radius 3 is 2.47 bits per heavy atom. The second-order valence-electron chi connectivity index (χ2n) is 8.15. The van der Waals surface area contributed by atoms with Gasteiger partial charge in [0.25, 0.3) is 5.91 Å². The molecule has 0 unspecified atom stereocenters. The molecule has 3 rings (SSSR count). The molecule has 1 amide bonds. The molecule has 1 aliphatic rings. The van der Waals surface area contributed by atoms with Gasteiger partial charge in [-0.05, 0) is 56.0 Å². The molecule has 2 aromatic rings. The first-order chi connectivity index (χ1) is 15.1. The van der Waals surface area contributed by atoms with E-state index in [1.807, 2.05) is 18.2 Å². The highest BCUT2D eigenvalue weighted by atomic mass is 127. The van der Waals surface area contributed by atoms with E-state index in [4.69, 9.17) is 4.99 Å². The maximum absolute atomic E-state index is 12.2. The number of halogens is 1. The number of anilines is 1. The van der Waals surface area contributed by atoms with Gasteiger partial charge in [-0.25, -0.2) is 0 Å². The summed E-state index contributed by atoms with van der Waals surface area (Å²) in [5, 5.41) is 6.98. The van der Waals surface area contributed by atoms with E-state index in [9.17, 15) is 4.79 Å². The van der Waals surface area contributed by atoms with Crippen molar-refractivity contribution in [1.29, 1.82) is 0 Å². The fourth-order valence-electron chi connectivity index (χ4n) is 3.85. The number of guanidine groups is 1. The van der Waals surface area contributed by atoms with Gasteiger partial charge < -0.3 is 20.4 Å². The fraction of sp³-hybridized carbons (Fsp3) is 0.440. The molecule has 0 atom stereocenters. The van der Waals surface area contributed by atoms with Gasteiger partial charge in [0, 0.05) is 57.6 Å². The lowest BCUT2D eigenvalue weighted by Crippen LogP contribution is -2.48. The third-order valence-electron chi connectivity index (χ3n) is 5.55. The van der Waals surface area contributed by atoms with Crippen molar-refractivity contribution in [2.45, 2.75) is 32.2 Å². The van der Waals surface area contributed by atoms with E-state index >= 15 is 0 Å². The molecule has 0 spiro atoms. The number of hydrogen-bond acceptors (Lipinski definition) is 3. The monoisotopic (exact) mass is 549 g/mol. The summed E-state index contributed by atoms with van der Waals surface area (Å²) in [6.45, 7) is 5.70. The summed E-state index contributed by atoms with van der Waals surface area (Å²) < 4.78 is 0. The number of hydrogen-bond donors (Lipinski definition) is 2. The van der Waals surface area contributed by atoms with Crippen LogP contribution in [-0.4, -0.2) is 63.1 Å². The van der Waals surface area contributed by atoms with Crippen molar-refractivity contribution in [1.82, 2.24) is 15.5 Å². The number of piperidine rings is 1. The molecule has 1 heterocycles. The highest BCUT2D eigenvalue weighted by Gasteiger charge is 2.20. The molecule has 2 aromatic carbocycles. The molecule has 0 aliphatic carbocycles. The van der Waals surface area contributed by atoms with Gasteiger partial charge in [-0.2, -0.15) is 0 Å². The van der Waals surface area contributed by atoms with E-state index in [-0.39, 0.29) is 29.9 Å². The number of carbonyl (C=O) groups excluding carboxylic acids is 1.